The largest absolute Gasteiger partial charge is 0.481 e. The summed E-state index contributed by atoms with van der Waals surface area (Å²) < 4.78 is 0.898. The molecule has 0 bridgehead atoms. The summed E-state index contributed by atoms with van der Waals surface area (Å²) in [5.74, 6) is -1.27. The quantitative estimate of drug-likeness (QED) is 0.502. The Morgan fingerprint density at radius 3 is 2.46 bits per heavy atom. The molecule has 2 fully saturated rings. The Labute approximate surface area is 214 Å². The number of carbonyl (C=O) groups is 3. The highest BCUT2D eigenvalue weighted by Gasteiger charge is 2.34. The SMILES string of the molecule is O=C(O)CC1CN(Cc2ccccc2C(=O)NCCN2CCCC2)C(=O)N(c2ccc(Br)cc2)C1. The highest BCUT2D eigenvalue weighted by atomic mass is 79.9. The molecule has 0 spiro atoms. The number of hydrogen-bond acceptors (Lipinski definition) is 4. The molecule has 0 aliphatic carbocycles. The number of urea groups is 1. The van der Waals surface area contributed by atoms with Gasteiger partial charge in [-0.2, -0.15) is 0 Å². The van der Waals surface area contributed by atoms with E-state index in [4.69, 9.17) is 0 Å². The van der Waals surface area contributed by atoms with Crippen LogP contribution in [0.1, 0.15) is 35.2 Å². The Morgan fingerprint density at radius 2 is 1.74 bits per heavy atom. The van der Waals surface area contributed by atoms with Crippen molar-refractivity contribution >= 4 is 39.5 Å². The summed E-state index contributed by atoms with van der Waals surface area (Å²) in [4.78, 5) is 43.5. The summed E-state index contributed by atoms with van der Waals surface area (Å²) in [6.07, 6.45) is 2.39. The van der Waals surface area contributed by atoms with Crippen LogP contribution in [-0.4, -0.2) is 72.1 Å². The van der Waals surface area contributed by atoms with Gasteiger partial charge in [-0.3, -0.25) is 14.5 Å². The fraction of sp³-hybridized carbons (Fsp3) is 0.423. The topological polar surface area (TPSA) is 93.2 Å². The molecule has 2 aromatic carbocycles. The zero-order chi connectivity index (χ0) is 24.8. The molecule has 2 heterocycles. The first kappa shape index (κ1) is 25.2. The molecule has 9 heteroatoms. The van der Waals surface area contributed by atoms with Crippen LogP contribution in [0.5, 0.6) is 0 Å². The van der Waals surface area contributed by atoms with Gasteiger partial charge in [-0.1, -0.05) is 34.1 Å². The van der Waals surface area contributed by atoms with E-state index in [0.29, 0.717) is 30.9 Å². The van der Waals surface area contributed by atoms with Crippen LogP contribution in [0.25, 0.3) is 0 Å². The van der Waals surface area contributed by atoms with Crippen LogP contribution in [-0.2, 0) is 11.3 Å². The van der Waals surface area contributed by atoms with Crippen LogP contribution in [0.2, 0.25) is 0 Å². The number of amides is 3. The second-order valence-electron chi connectivity index (χ2n) is 9.18. The fourth-order valence-electron chi connectivity index (χ4n) is 4.81. The molecule has 4 rings (SSSR count). The molecule has 1 atom stereocenters. The molecule has 2 aliphatic rings. The van der Waals surface area contributed by atoms with Crippen molar-refractivity contribution in [2.45, 2.75) is 25.8 Å². The number of likely N-dealkylation sites (tertiary alicyclic amines) is 1. The predicted octanol–water partition coefficient (Wildman–Crippen LogP) is 3.81. The van der Waals surface area contributed by atoms with Gasteiger partial charge in [0.15, 0.2) is 0 Å². The molecular weight excluding hydrogens is 512 g/mol. The van der Waals surface area contributed by atoms with E-state index >= 15 is 0 Å². The number of carboxylic acid groups (broad SMARTS) is 1. The Bertz CT molecular complexity index is 1060. The Morgan fingerprint density at radius 1 is 1.03 bits per heavy atom. The number of rotatable bonds is 9. The number of aliphatic carboxylic acids is 1. The number of carbonyl (C=O) groups excluding carboxylic acids is 2. The molecule has 3 amide bonds. The standard InChI is InChI=1S/C26H31BrN4O4/c27-21-7-9-22(10-8-21)31-17-19(15-24(32)33)16-30(26(31)35)18-20-5-1-2-6-23(20)25(34)28-11-14-29-12-3-4-13-29/h1-2,5-10,19H,3-4,11-18H2,(H,28,34)(H,32,33). The summed E-state index contributed by atoms with van der Waals surface area (Å²) in [6.45, 7) is 4.46. The van der Waals surface area contributed by atoms with Gasteiger partial charge in [-0.15, -0.1) is 0 Å². The van der Waals surface area contributed by atoms with Crippen molar-refractivity contribution in [2.75, 3.05) is 44.2 Å². The number of carboxylic acids is 1. The van der Waals surface area contributed by atoms with Crippen molar-refractivity contribution in [3.63, 3.8) is 0 Å². The van der Waals surface area contributed by atoms with E-state index in [-0.39, 0.29) is 30.8 Å². The predicted molar refractivity (Wildman–Crippen MR) is 137 cm³/mol. The third-order valence-electron chi connectivity index (χ3n) is 6.56. The van der Waals surface area contributed by atoms with Gasteiger partial charge in [0.2, 0.25) is 0 Å². The molecule has 2 saturated heterocycles. The van der Waals surface area contributed by atoms with E-state index in [0.717, 1.165) is 29.7 Å². The molecule has 0 aromatic heterocycles. The third kappa shape index (κ3) is 6.61. The van der Waals surface area contributed by atoms with Crippen molar-refractivity contribution in [3.05, 3.63) is 64.1 Å². The van der Waals surface area contributed by atoms with Crippen LogP contribution in [0.15, 0.2) is 53.0 Å². The minimum Gasteiger partial charge on any atom is -0.481 e. The summed E-state index contributed by atoms with van der Waals surface area (Å²) >= 11 is 3.41. The van der Waals surface area contributed by atoms with E-state index < -0.39 is 5.97 Å². The first-order valence-corrected chi connectivity index (χ1v) is 12.8. The Hall–Kier alpha value is -2.91. The van der Waals surface area contributed by atoms with Crippen LogP contribution in [0.3, 0.4) is 0 Å². The number of anilines is 1. The second-order valence-corrected chi connectivity index (χ2v) is 10.1. The van der Waals surface area contributed by atoms with Gasteiger partial charge in [0, 0.05) is 54.4 Å². The maximum atomic E-state index is 13.4. The smallest absolute Gasteiger partial charge is 0.324 e. The van der Waals surface area contributed by atoms with Gasteiger partial charge in [-0.25, -0.2) is 4.79 Å². The minimum absolute atomic E-state index is 0.0323. The van der Waals surface area contributed by atoms with E-state index in [1.807, 2.05) is 42.5 Å². The molecule has 1 unspecified atom stereocenters. The normalized spacial score (nSPS) is 18.7. The molecular formula is C26H31BrN4O4. The Kier molecular flexibility index (Phi) is 8.41. The number of hydrogen-bond donors (Lipinski definition) is 2. The highest BCUT2D eigenvalue weighted by Crippen LogP contribution is 2.27. The van der Waals surface area contributed by atoms with Gasteiger partial charge in [0.25, 0.3) is 5.91 Å². The molecule has 8 nitrogen and oxygen atoms in total. The average Bonchev–Trinajstić information content (AvgIpc) is 3.35. The minimum atomic E-state index is -0.891. The molecule has 35 heavy (non-hydrogen) atoms. The van der Waals surface area contributed by atoms with Crippen molar-refractivity contribution in [1.82, 2.24) is 15.1 Å². The molecule has 2 N–H and O–H groups in total. The van der Waals surface area contributed by atoms with E-state index in [1.165, 1.54) is 12.8 Å². The summed E-state index contributed by atoms with van der Waals surface area (Å²) in [7, 11) is 0. The Balaban J connectivity index is 1.49. The molecule has 0 saturated carbocycles. The van der Waals surface area contributed by atoms with E-state index in [9.17, 15) is 19.5 Å². The zero-order valence-corrected chi connectivity index (χ0v) is 21.2. The van der Waals surface area contributed by atoms with Crippen molar-refractivity contribution in [2.24, 2.45) is 5.92 Å². The van der Waals surface area contributed by atoms with Crippen LogP contribution >= 0.6 is 15.9 Å². The van der Waals surface area contributed by atoms with Crippen LogP contribution < -0.4 is 10.2 Å². The van der Waals surface area contributed by atoms with Crippen LogP contribution in [0.4, 0.5) is 10.5 Å². The average molecular weight is 543 g/mol. The van der Waals surface area contributed by atoms with Gasteiger partial charge in [-0.05, 0) is 61.8 Å². The summed E-state index contributed by atoms with van der Waals surface area (Å²) in [5.41, 5.74) is 2.00. The number of benzene rings is 2. The highest BCUT2D eigenvalue weighted by molar-refractivity contribution is 9.10. The third-order valence-corrected chi connectivity index (χ3v) is 7.09. The monoisotopic (exact) mass is 542 g/mol. The van der Waals surface area contributed by atoms with Crippen molar-refractivity contribution in [3.8, 4) is 0 Å². The maximum absolute atomic E-state index is 13.4. The lowest BCUT2D eigenvalue weighted by molar-refractivity contribution is -0.138. The van der Waals surface area contributed by atoms with Gasteiger partial charge in [0.05, 0.1) is 6.42 Å². The fourth-order valence-corrected chi connectivity index (χ4v) is 5.08. The first-order valence-electron chi connectivity index (χ1n) is 12.0. The lowest BCUT2D eigenvalue weighted by Gasteiger charge is -2.40. The van der Waals surface area contributed by atoms with Gasteiger partial charge < -0.3 is 20.2 Å². The molecule has 2 aliphatic heterocycles. The summed E-state index contributed by atoms with van der Waals surface area (Å²) in [6, 6.07) is 14.5. The molecule has 2 aromatic rings. The number of halogens is 1. The van der Waals surface area contributed by atoms with E-state index in [2.05, 4.69) is 26.1 Å². The maximum Gasteiger partial charge on any atom is 0.324 e. The van der Waals surface area contributed by atoms with Crippen molar-refractivity contribution in [1.29, 1.82) is 0 Å². The number of nitrogens with one attached hydrogen (secondary N) is 1. The second kappa shape index (κ2) is 11.7. The van der Waals surface area contributed by atoms with Crippen molar-refractivity contribution < 1.29 is 19.5 Å². The molecule has 0 radical (unpaired) electrons. The lowest BCUT2D eigenvalue weighted by Crippen LogP contribution is -2.53. The van der Waals surface area contributed by atoms with Gasteiger partial charge >= 0.3 is 12.0 Å². The molecule has 186 valence electrons. The van der Waals surface area contributed by atoms with E-state index in [1.54, 1.807) is 15.9 Å². The zero-order valence-electron chi connectivity index (χ0n) is 19.7. The summed E-state index contributed by atoms with van der Waals surface area (Å²) in [5, 5.41) is 12.4. The van der Waals surface area contributed by atoms with Gasteiger partial charge in [0.1, 0.15) is 0 Å². The van der Waals surface area contributed by atoms with Crippen LogP contribution in [0, 0.1) is 5.92 Å². The first-order chi connectivity index (χ1) is 16.9. The lowest BCUT2D eigenvalue weighted by atomic mass is 9.99. The number of nitrogens with zero attached hydrogens (tertiary/aromatic N) is 3.